The van der Waals surface area contributed by atoms with Crippen LogP contribution in [-0.2, 0) is 10.3 Å². The summed E-state index contributed by atoms with van der Waals surface area (Å²) in [5.74, 6) is -0.0769. The highest BCUT2D eigenvalue weighted by atomic mass is 32.2. The smallest absolute Gasteiger partial charge is 0.279 e. The second-order valence-corrected chi connectivity index (χ2v) is 7.41. The molecule has 6 nitrogen and oxygen atoms in total. The molecule has 0 aliphatic carbocycles. The molecular formula is C23H24N4O2S. The van der Waals surface area contributed by atoms with Gasteiger partial charge in [-0.15, -0.1) is 0 Å². The number of benzene rings is 3. The second kappa shape index (κ2) is 9.96. The molecule has 154 valence electrons. The number of rotatable bonds is 4. The Morgan fingerprint density at radius 1 is 0.867 bits per heavy atom. The maximum Gasteiger partial charge on any atom is 0.279 e. The van der Waals surface area contributed by atoms with Crippen molar-refractivity contribution in [2.75, 3.05) is 17.2 Å². The Morgan fingerprint density at radius 2 is 1.37 bits per heavy atom. The van der Waals surface area contributed by atoms with Crippen LogP contribution in [0.4, 0.5) is 11.4 Å². The first-order chi connectivity index (χ1) is 14.6. The van der Waals surface area contributed by atoms with Crippen LogP contribution in [0.5, 0.6) is 0 Å². The highest BCUT2D eigenvalue weighted by Gasteiger charge is 2.46. The molecule has 0 fully saturated rings. The summed E-state index contributed by atoms with van der Waals surface area (Å²) in [4.78, 5) is 17.6. The quantitative estimate of drug-likeness (QED) is 0.519. The van der Waals surface area contributed by atoms with E-state index in [-0.39, 0.29) is 5.91 Å². The van der Waals surface area contributed by atoms with E-state index in [9.17, 15) is 4.79 Å². The van der Waals surface area contributed by atoms with Gasteiger partial charge >= 0.3 is 0 Å². The Labute approximate surface area is 180 Å². The van der Waals surface area contributed by atoms with Crippen molar-refractivity contribution in [3.05, 3.63) is 96.6 Å². The van der Waals surface area contributed by atoms with Crippen LogP contribution in [0, 0.1) is 0 Å². The summed E-state index contributed by atoms with van der Waals surface area (Å²) in [5, 5.41) is 10.5. The summed E-state index contributed by atoms with van der Waals surface area (Å²) in [6, 6.07) is 28.4. The molecular weight excluding hydrogens is 396 g/mol. The van der Waals surface area contributed by atoms with E-state index in [1.807, 2.05) is 97.5 Å². The fourth-order valence-corrected chi connectivity index (χ4v) is 3.52. The molecule has 0 radical (unpaired) electrons. The molecule has 0 spiro atoms. The molecule has 3 aromatic carbocycles. The number of amides is 1. The number of thioether (sulfide) groups is 1. The predicted molar refractivity (Wildman–Crippen MR) is 124 cm³/mol. The van der Waals surface area contributed by atoms with Crippen molar-refractivity contribution in [1.29, 1.82) is 0 Å². The minimum Gasteiger partial charge on any atom is -0.291 e. The van der Waals surface area contributed by atoms with Gasteiger partial charge in [0.05, 0.1) is 11.4 Å². The van der Waals surface area contributed by atoms with Gasteiger partial charge in [0.25, 0.3) is 5.91 Å². The van der Waals surface area contributed by atoms with Crippen LogP contribution in [0.1, 0.15) is 12.5 Å². The van der Waals surface area contributed by atoms with E-state index >= 15 is 0 Å². The van der Waals surface area contributed by atoms with E-state index in [2.05, 4.69) is 10.4 Å². The Hall–Kier alpha value is -3.29. The zero-order valence-corrected chi connectivity index (χ0v) is 17.6. The predicted octanol–water partition coefficient (Wildman–Crippen LogP) is 4.98. The largest absolute Gasteiger partial charge is 0.291 e. The molecule has 30 heavy (non-hydrogen) atoms. The van der Waals surface area contributed by atoms with E-state index in [4.69, 9.17) is 5.21 Å². The minimum atomic E-state index is -0.888. The molecule has 1 heterocycles. The molecule has 0 unspecified atom stereocenters. The molecule has 1 atom stereocenters. The lowest BCUT2D eigenvalue weighted by Crippen LogP contribution is -2.42. The third kappa shape index (κ3) is 4.82. The first kappa shape index (κ1) is 21.4. The van der Waals surface area contributed by atoms with Crippen molar-refractivity contribution in [3.8, 4) is 0 Å². The standard InChI is InChI=1S/C17H17N3OS.C6H7NO/c1-17(13-9-5-3-6-10-13)15(21)20(16(18-17)22-2)19-14-11-7-4-8-12-14;8-7-6-4-2-1-3-5-6/h3-12,19H,1-2H3;1-5,7-8H/t17-;/m0./s1. The van der Waals surface area contributed by atoms with Crippen molar-refractivity contribution < 1.29 is 10.0 Å². The number of anilines is 2. The summed E-state index contributed by atoms with van der Waals surface area (Å²) < 4.78 is 0. The average Bonchev–Trinajstić information content (AvgIpc) is 3.07. The molecule has 7 heteroatoms. The number of aliphatic imine (C=N–C) groups is 1. The van der Waals surface area contributed by atoms with Crippen molar-refractivity contribution in [3.63, 3.8) is 0 Å². The molecule has 0 bridgehead atoms. The molecule has 3 aromatic rings. The summed E-state index contributed by atoms with van der Waals surface area (Å²) >= 11 is 1.45. The summed E-state index contributed by atoms with van der Waals surface area (Å²) in [6.45, 7) is 1.85. The van der Waals surface area contributed by atoms with Gasteiger partial charge < -0.3 is 0 Å². The molecule has 3 N–H and O–H groups in total. The number of hydrazine groups is 1. The maximum atomic E-state index is 12.9. The van der Waals surface area contributed by atoms with Crippen molar-refractivity contribution in [2.24, 2.45) is 4.99 Å². The third-order valence-electron chi connectivity index (χ3n) is 4.57. The first-order valence-electron chi connectivity index (χ1n) is 9.39. The molecule has 0 saturated heterocycles. The lowest BCUT2D eigenvalue weighted by molar-refractivity contribution is -0.129. The van der Waals surface area contributed by atoms with Crippen molar-refractivity contribution in [1.82, 2.24) is 5.01 Å². The van der Waals surface area contributed by atoms with E-state index < -0.39 is 5.54 Å². The van der Waals surface area contributed by atoms with E-state index in [0.717, 1.165) is 11.3 Å². The SMILES string of the molecule is CSC1=N[C@@](C)(c2ccccc2)C(=O)N1Nc1ccccc1.ONc1ccccc1. The first-order valence-corrected chi connectivity index (χ1v) is 10.6. The van der Waals surface area contributed by atoms with E-state index in [0.29, 0.717) is 10.9 Å². The van der Waals surface area contributed by atoms with Crippen LogP contribution in [-0.4, -0.2) is 27.5 Å². The number of carbonyl (C=O) groups excluding carboxylic acids is 1. The van der Waals surface area contributed by atoms with Crippen molar-refractivity contribution >= 4 is 34.2 Å². The van der Waals surface area contributed by atoms with Crippen LogP contribution < -0.4 is 10.9 Å². The molecule has 0 aromatic heterocycles. The normalized spacial score (nSPS) is 17.6. The van der Waals surface area contributed by atoms with Crippen LogP contribution in [0.25, 0.3) is 0 Å². The zero-order chi connectivity index (χ0) is 21.4. The molecule has 0 saturated carbocycles. The molecule has 1 aliphatic heterocycles. The van der Waals surface area contributed by atoms with Crippen molar-refractivity contribution in [2.45, 2.75) is 12.5 Å². The van der Waals surface area contributed by atoms with Crippen LogP contribution in [0.3, 0.4) is 0 Å². The lowest BCUT2D eigenvalue weighted by atomic mass is 9.92. The molecule has 4 rings (SSSR count). The number of hydrogen-bond donors (Lipinski definition) is 3. The highest BCUT2D eigenvalue weighted by Crippen LogP contribution is 2.35. The van der Waals surface area contributed by atoms with E-state index in [1.165, 1.54) is 16.8 Å². The summed E-state index contributed by atoms with van der Waals surface area (Å²) in [7, 11) is 0. The van der Waals surface area contributed by atoms with Gasteiger partial charge in [-0.25, -0.2) is 4.99 Å². The van der Waals surface area contributed by atoms with E-state index in [1.54, 1.807) is 12.1 Å². The summed E-state index contributed by atoms with van der Waals surface area (Å²) in [5.41, 5.74) is 6.75. The second-order valence-electron chi connectivity index (χ2n) is 6.63. The number of amidine groups is 1. The van der Waals surface area contributed by atoms with Gasteiger partial charge in [0.15, 0.2) is 10.7 Å². The number of nitrogens with zero attached hydrogens (tertiary/aromatic N) is 2. The number of hydrogen-bond acceptors (Lipinski definition) is 6. The molecule has 1 aliphatic rings. The van der Waals surface area contributed by atoms with Gasteiger partial charge in [-0.3, -0.25) is 20.9 Å². The molecule has 1 amide bonds. The van der Waals surface area contributed by atoms with Gasteiger partial charge in [-0.1, -0.05) is 78.5 Å². The maximum absolute atomic E-state index is 12.9. The van der Waals surface area contributed by atoms with Gasteiger partial charge in [-0.05, 0) is 43.0 Å². The fraction of sp³-hybridized carbons (Fsp3) is 0.130. The third-order valence-corrected chi connectivity index (χ3v) is 5.21. The van der Waals surface area contributed by atoms with Gasteiger partial charge in [0.2, 0.25) is 0 Å². The van der Waals surface area contributed by atoms with Gasteiger partial charge in [0.1, 0.15) is 0 Å². The average molecular weight is 421 g/mol. The van der Waals surface area contributed by atoms with Crippen LogP contribution in [0.15, 0.2) is 96.0 Å². The topological polar surface area (TPSA) is 77.0 Å². The van der Waals surface area contributed by atoms with Gasteiger partial charge in [-0.2, -0.15) is 5.01 Å². The lowest BCUT2D eigenvalue weighted by Gasteiger charge is -2.23. The van der Waals surface area contributed by atoms with Crippen LogP contribution in [0.2, 0.25) is 0 Å². The summed E-state index contributed by atoms with van der Waals surface area (Å²) in [6.07, 6.45) is 1.92. The Kier molecular flexibility index (Phi) is 7.11. The Morgan fingerprint density at radius 3 is 1.83 bits per heavy atom. The van der Waals surface area contributed by atoms with Gasteiger partial charge in [0, 0.05) is 0 Å². The number of carbonyl (C=O) groups is 1. The van der Waals surface area contributed by atoms with Crippen LogP contribution >= 0.6 is 11.8 Å². The minimum absolute atomic E-state index is 0.0769. The number of para-hydroxylation sites is 2. The fourth-order valence-electron chi connectivity index (χ4n) is 2.93. The monoisotopic (exact) mass is 420 g/mol. The Bertz CT molecular complexity index is 984. The Balaban J connectivity index is 0.000000269. The number of nitrogens with one attached hydrogen (secondary N) is 2. The zero-order valence-electron chi connectivity index (χ0n) is 16.8. The highest BCUT2D eigenvalue weighted by molar-refractivity contribution is 8.13.